The average molecular weight is 268 g/mol. The molecule has 1 heterocycles. The fourth-order valence-corrected chi connectivity index (χ4v) is 1.51. The molecule has 0 saturated carbocycles. The SMILES string of the molecule is COCCn1cc(NC(=O)CCNC(C)(C)C)cn1. The molecule has 108 valence electrons. The van der Waals surface area contributed by atoms with Gasteiger partial charge in [0.2, 0.25) is 5.91 Å². The van der Waals surface area contributed by atoms with Crippen LogP contribution in [0.4, 0.5) is 5.69 Å². The van der Waals surface area contributed by atoms with Gasteiger partial charge in [0.25, 0.3) is 0 Å². The fourth-order valence-electron chi connectivity index (χ4n) is 1.51. The van der Waals surface area contributed by atoms with Gasteiger partial charge in [-0.3, -0.25) is 9.48 Å². The maximum atomic E-state index is 11.7. The summed E-state index contributed by atoms with van der Waals surface area (Å²) in [6.45, 7) is 8.16. The molecule has 0 aliphatic rings. The van der Waals surface area contributed by atoms with E-state index >= 15 is 0 Å². The van der Waals surface area contributed by atoms with Crippen LogP contribution in [0.3, 0.4) is 0 Å². The molecule has 0 aromatic carbocycles. The molecule has 6 heteroatoms. The molecule has 0 radical (unpaired) electrons. The Bertz CT molecular complexity index is 396. The van der Waals surface area contributed by atoms with Crippen molar-refractivity contribution in [3.8, 4) is 0 Å². The zero-order chi connectivity index (χ0) is 14.3. The van der Waals surface area contributed by atoms with E-state index in [9.17, 15) is 4.79 Å². The third-order valence-electron chi connectivity index (χ3n) is 2.45. The molecule has 0 unspecified atom stereocenters. The third kappa shape index (κ3) is 6.93. The van der Waals surface area contributed by atoms with Crippen LogP contribution in [0.2, 0.25) is 0 Å². The van der Waals surface area contributed by atoms with Gasteiger partial charge in [0.05, 0.1) is 25.0 Å². The van der Waals surface area contributed by atoms with E-state index in [2.05, 4.69) is 36.5 Å². The molecule has 0 saturated heterocycles. The third-order valence-corrected chi connectivity index (χ3v) is 2.45. The predicted molar refractivity (Wildman–Crippen MR) is 75.1 cm³/mol. The van der Waals surface area contributed by atoms with Crippen LogP contribution >= 0.6 is 0 Å². The second-order valence-corrected chi connectivity index (χ2v) is 5.46. The standard InChI is InChI=1S/C13H24N4O2/c1-13(2,3)14-6-5-12(18)16-11-9-15-17(10-11)7-8-19-4/h9-10,14H,5-8H2,1-4H3,(H,16,18). The van der Waals surface area contributed by atoms with Crippen LogP contribution < -0.4 is 10.6 Å². The lowest BCUT2D eigenvalue weighted by molar-refractivity contribution is -0.116. The summed E-state index contributed by atoms with van der Waals surface area (Å²) in [7, 11) is 1.65. The van der Waals surface area contributed by atoms with Gasteiger partial charge in [-0.05, 0) is 20.8 Å². The molecular formula is C13H24N4O2. The Kier molecular flexibility index (Phi) is 5.98. The molecule has 0 fully saturated rings. The normalized spacial score (nSPS) is 11.6. The molecule has 1 amide bonds. The number of aromatic nitrogens is 2. The highest BCUT2D eigenvalue weighted by Crippen LogP contribution is 2.05. The summed E-state index contributed by atoms with van der Waals surface area (Å²) in [5.74, 6) is -0.0111. The molecule has 1 aromatic rings. The monoisotopic (exact) mass is 268 g/mol. The summed E-state index contributed by atoms with van der Waals surface area (Å²) in [5.41, 5.74) is 0.752. The minimum Gasteiger partial charge on any atom is -0.383 e. The Morgan fingerprint density at radius 3 is 2.84 bits per heavy atom. The number of amides is 1. The van der Waals surface area contributed by atoms with E-state index in [0.29, 0.717) is 26.1 Å². The molecule has 0 atom stereocenters. The van der Waals surface area contributed by atoms with Crippen molar-refractivity contribution in [1.29, 1.82) is 0 Å². The molecule has 0 aliphatic carbocycles. The smallest absolute Gasteiger partial charge is 0.225 e. The fraction of sp³-hybridized carbons (Fsp3) is 0.692. The summed E-state index contributed by atoms with van der Waals surface area (Å²) in [6.07, 6.45) is 3.89. The number of hydrogen-bond acceptors (Lipinski definition) is 4. The first-order valence-corrected chi connectivity index (χ1v) is 6.47. The largest absolute Gasteiger partial charge is 0.383 e. The van der Waals surface area contributed by atoms with Crippen molar-refractivity contribution < 1.29 is 9.53 Å². The quantitative estimate of drug-likeness (QED) is 0.781. The van der Waals surface area contributed by atoms with Crippen molar-refractivity contribution in [2.75, 3.05) is 25.6 Å². The van der Waals surface area contributed by atoms with Crippen molar-refractivity contribution in [3.63, 3.8) is 0 Å². The number of methoxy groups -OCH3 is 1. The molecule has 19 heavy (non-hydrogen) atoms. The summed E-state index contributed by atoms with van der Waals surface area (Å²) in [4.78, 5) is 11.7. The van der Waals surface area contributed by atoms with Crippen LogP contribution in [0.1, 0.15) is 27.2 Å². The Balaban J connectivity index is 2.30. The maximum Gasteiger partial charge on any atom is 0.225 e. The second-order valence-electron chi connectivity index (χ2n) is 5.46. The summed E-state index contributed by atoms with van der Waals surface area (Å²) < 4.78 is 6.71. The van der Waals surface area contributed by atoms with Gasteiger partial charge in [0.15, 0.2) is 0 Å². The van der Waals surface area contributed by atoms with E-state index in [-0.39, 0.29) is 11.4 Å². The molecule has 0 bridgehead atoms. The van der Waals surface area contributed by atoms with Crippen LogP contribution in [0.15, 0.2) is 12.4 Å². The lowest BCUT2D eigenvalue weighted by atomic mass is 10.1. The lowest BCUT2D eigenvalue weighted by Crippen LogP contribution is -2.37. The molecule has 1 rings (SSSR count). The minimum absolute atomic E-state index is 0.0111. The van der Waals surface area contributed by atoms with E-state index in [1.807, 2.05) is 0 Å². The van der Waals surface area contributed by atoms with E-state index in [1.54, 1.807) is 24.2 Å². The number of anilines is 1. The average Bonchev–Trinajstić information content (AvgIpc) is 2.72. The molecule has 6 nitrogen and oxygen atoms in total. The molecule has 2 N–H and O–H groups in total. The van der Waals surface area contributed by atoms with Crippen LogP contribution in [-0.4, -0.2) is 41.5 Å². The van der Waals surface area contributed by atoms with Crippen LogP contribution in [-0.2, 0) is 16.1 Å². The van der Waals surface area contributed by atoms with Crippen LogP contribution in [0.5, 0.6) is 0 Å². The van der Waals surface area contributed by atoms with Gasteiger partial charge in [-0.15, -0.1) is 0 Å². The van der Waals surface area contributed by atoms with Crippen molar-refractivity contribution in [1.82, 2.24) is 15.1 Å². The van der Waals surface area contributed by atoms with Gasteiger partial charge in [-0.1, -0.05) is 0 Å². The first-order valence-electron chi connectivity index (χ1n) is 6.47. The molecule has 1 aromatic heterocycles. The van der Waals surface area contributed by atoms with Crippen LogP contribution in [0.25, 0.3) is 0 Å². The minimum atomic E-state index is -0.0111. The predicted octanol–water partition coefficient (Wildman–Crippen LogP) is 1.25. The number of rotatable bonds is 7. The van der Waals surface area contributed by atoms with Gasteiger partial charge < -0.3 is 15.4 Å². The Hall–Kier alpha value is -1.40. The highest BCUT2D eigenvalue weighted by Gasteiger charge is 2.10. The zero-order valence-electron chi connectivity index (χ0n) is 12.2. The van der Waals surface area contributed by atoms with Crippen molar-refractivity contribution in [2.45, 2.75) is 39.3 Å². The molecular weight excluding hydrogens is 244 g/mol. The molecule has 0 spiro atoms. The van der Waals surface area contributed by atoms with Gasteiger partial charge >= 0.3 is 0 Å². The van der Waals surface area contributed by atoms with Crippen molar-refractivity contribution >= 4 is 11.6 Å². The first kappa shape index (κ1) is 15.7. The van der Waals surface area contributed by atoms with E-state index in [1.165, 1.54) is 0 Å². The number of nitrogens with zero attached hydrogens (tertiary/aromatic N) is 2. The van der Waals surface area contributed by atoms with E-state index in [0.717, 1.165) is 5.69 Å². The zero-order valence-corrected chi connectivity index (χ0v) is 12.2. The number of ether oxygens (including phenoxy) is 1. The summed E-state index contributed by atoms with van der Waals surface area (Å²) in [6, 6.07) is 0. The number of hydrogen-bond donors (Lipinski definition) is 2. The highest BCUT2D eigenvalue weighted by molar-refractivity contribution is 5.90. The Labute approximate surface area is 114 Å². The van der Waals surface area contributed by atoms with Gasteiger partial charge in [0, 0.05) is 31.8 Å². The number of carbonyl (C=O) groups excluding carboxylic acids is 1. The Morgan fingerprint density at radius 2 is 2.21 bits per heavy atom. The van der Waals surface area contributed by atoms with E-state index < -0.39 is 0 Å². The topological polar surface area (TPSA) is 68.2 Å². The van der Waals surface area contributed by atoms with Crippen molar-refractivity contribution in [2.24, 2.45) is 0 Å². The number of carbonyl (C=O) groups is 1. The first-order chi connectivity index (χ1) is 8.90. The second kappa shape index (κ2) is 7.25. The maximum absolute atomic E-state index is 11.7. The van der Waals surface area contributed by atoms with Gasteiger partial charge in [0.1, 0.15) is 0 Å². The van der Waals surface area contributed by atoms with Crippen LogP contribution in [0, 0.1) is 0 Å². The number of nitrogens with one attached hydrogen (secondary N) is 2. The molecule has 0 aliphatic heterocycles. The summed E-state index contributed by atoms with van der Waals surface area (Å²) >= 11 is 0. The van der Waals surface area contributed by atoms with E-state index in [4.69, 9.17) is 4.74 Å². The highest BCUT2D eigenvalue weighted by atomic mass is 16.5. The van der Waals surface area contributed by atoms with Gasteiger partial charge in [-0.25, -0.2) is 0 Å². The summed E-state index contributed by atoms with van der Waals surface area (Å²) in [5, 5.41) is 10.2. The lowest BCUT2D eigenvalue weighted by Gasteiger charge is -2.20. The van der Waals surface area contributed by atoms with Crippen molar-refractivity contribution in [3.05, 3.63) is 12.4 Å². The van der Waals surface area contributed by atoms with Gasteiger partial charge in [-0.2, -0.15) is 5.10 Å². The Morgan fingerprint density at radius 1 is 1.47 bits per heavy atom.